The first kappa shape index (κ1) is 16.9. The molecule has 5 nitrogen and oxygen atoms in total. The average molecular weight is 328 g/mol. The summed E-state index contributed by atoms with van der Waals surface area (Å²) in [5.74, 6) is -0.298. The van der Waals surface area contributed by atoms with Crippen LogP contribution in [-0.2, 0) is 10.9 Å². The highest BCUT2D eigenvalue weighted by Gasteiger charge is 2.35. The fraction of sp³-hybridized carbons (Fsp3) is 0.333. The maximum Gasteiger partial charge on any atom is 0.435 e. The van der Waals surface area contributed by atoms with E-state index in [0.717, 1.165) is 10.7 Å². The second kappa shape index (κ2) is 5.94. The van der Waals surface area contributed by atoms with Gasteiger partial charge in [-0.1, -0.05) is 0 Å². The number of hydrogen-bond donors (Lipinski definition) is 0. The molecule has 1 aromatic heterocycles. The number of aromatic nitrogens is 2. The first-order chi connectivity index (χ1) is 10.7. The van der Waals surface area contributed by atoms with E-state index in [1.807, 2.05) is 0 Å². The van der Waals surface area contributed by atoms with Crippen molar-refractivity contribution in [1.82, 2.24) is 9.78 Å². The molecule has 0 saturated carbocycles. The molecule has 0 radical (unpaired) electrons. The summed E-state index contributed by atoms with van der Waals surface area (Å²) in [6, 6.07) is 3.88. The first-order valence-corrected chi connectivity index (χ1v) is 6.60. The number of halogens is 3. The van der Waals surface area contributed by atoms with Crippen LogP contribution in [0.25, 0.3) is 5.69 Å². The van der Waals surface area contributed by atoms with Crippen LogP contribution in [0.15, 0.2) is 18.2 Å². The summed E-state index contributed by atoms with van der Waals surface area (Å²) < 4.78 is 49.5. The molecule has 8 heteroatoms. The van der Waals surface area contributed by atoms with Gasteiger partial charge in [-0.15, -0.1) is 0 Å². The molecule has 0 aliphatic heterocycles. The summed E-state index contributed by atoms with van der Waals surface area (Å²) in [5, 5.41) is 3.59. The maximum atomic E-state index is 12.8. The molecule has 0 amide bonds. The smallest absolute Gasteiger partial charge is 0.435 e. The number of esters is 1. The van der Waals surface area contributed by atoms with Crippen molar-refractivity contribution in [3.63, 3.8) is 0 Å². The molecular weight excluding hydrogens is 313 g/mol. The molecule has 23 heavy (non-hydrogen) atoms. The fourth-order valence-corrected chi connectivity index (χ4v) is 2.29. The Balaban J connectivity index is 2.63. The Labute approximate surface area is 130 Å². The average Bonchev–Trinajstić information content (AvgIpc) is 2.88. The molecular formula is C15H15F3N2O3. The summed E-state index contributed by atoms with van der Waals surface area (Å²) in [6.07, 6.45) is -4.54. The van der Waals surface area contributed by atoms with Crippen molar-refractivity contribution >= 4 is 5.97 Å². The van der Waals surface area contributed by atoms with Gasteiger partial charge >= 0.3 is 12.1 Å². The van der Waals surface area contributed by atoms with Gasteiger partial charge in [-0.2, -0.15) is 18.3 Å². The summed E-state index contributed by atoms with van der Waals surface area (Å²) in [5.41, 5.74) is 0.340. The van der Waals surface area contributed by atoms with Crippen molar-refractivity contribution in [1.29, 1.82) is 0 Å². The molecule has 2 aromatic rings. The molecule has 0 unspecified atom stereocenters. The zero-order chi connectivity index (χ0) is 17.4. The maximum absolute atomic E-state index is 12.8. The van der Waals surface area contributed by atoms with Crippen molar-refractivity contribution in [3.8, 4) is 11.4 Å². The van der Waals surface area contributed by atoms with Crippen LogP contribution in [0.4, 0.5) is 13.2 Å². The minimum atomic E-state index is -4.54. The fourth-order valence-electron chi connectivity index (χ4n) is 2.29. The number of alkyl halides is 3. The lowest BCUT2D eigenvalue weighted by Gasteiger charge is -2.15. The second-order valence-corrected chi connectivity index (χ2v) is 4.86. The Hall–Kier alpha value is -2.51. The Bertz CT molecular complexity index is 751. The van der Waals surface area contributed by atoms with Crippen LogP contribution >= 0.6 is 0 Å². The van der Waals surface area contributed by atoms with E-state index in [9.17, 15) is 18.0 Å². The van der Waals surface area contributed by atoms with Crippen LogP contribution in [0, 0.1) is 13.8 Å². The van der Waals surface area contributed by atoms with Crippen LogP contribution in [0.5, 0.6) is 5.75 Å². The quantitative estimate of drug-likeness (QED) is 0.811. The molecule has 0 fully saturated rings. The van der Waals surface area contributed by atoms with Crippen molar-refractivity contribution < 1.29 is 27.4 Å². The van der Waals surface area contributed by atoms with Gasteiger partial charge in [0.15, 0.2) is 5.69 Å². The van der Waals surface area contributed by atoms with Crippen molar-refractivity contribution in [2.75, 3.05) is 14.2 Å². The topological polar surface area (TPSA) is 53.4 Å². The van der Waals surface area contributed by atoms with Gasteiger partial charge in [-0.25, -0.2) is 9.48 Å². The van der Waals surface area contributed by atoms with Gasteiger partial charge in [0, 0.05) is 11.3 Å². The third-order valence-electron chi connectivity index (χ3n) is 3.40. The predicted octanol–water partition coefficient (Wildman–Crippen LogP) is 3.30. The summed E-state index contributed by atoms with van der Waals surface area (Å²) in [7, 11) is 2.62. The van der Waals surface area contributed by atoms with E-state index in [1.54, 1.807) is 6.92 Å². The lowest BCUT2D eigenvalue weighted by molar-refractivity contribution is -0.141. The van der Waals surface area contributed by atoms with Crippen molar-refractivity contribution in [2.24, 2.45) is 0 Å². The van der Waals surface area contributed by atoms with Crippen molar-refractivity contribution in [3.05, 3.63) is 40.7 Å². The van der Waals surface area contributed by atoms with E-state index in [0.29, 0.717) is 16.9 Å². The minimum absolute atomic E-state index is 0.257. The standard InChI is InChI=1S/C15H15F3N2O3/c1-8-7-12(15(16,17)18)19-20(8)11-6-5-10(14(21)23-4)9(2)13(11)22-3/h5-7H,1-4H3. The Kier molecular flexibility index (Phi) is 4.35. The van der Waals surface area contributed by atoms with Gasteiger partial charge in [-0.3, -0.25) is 0 Å². The molecule has 0 aliphatic carbocycles. The molecule has 124 valence electrons. The Morgan fingerprint density at radius 2 is 1.87 bits per heavy atom. The lowest BCUT2D eigenvalue weighted by Crippen LogP contribution is -2.10. The van der Waals surface area contributed by atoms with Gasteiger partial charge < -0.3 is 9.47 Å². The SMILES string of the molecule is COC(=O)c1ccc(-n2nc(C(F)(F)F)cc2C)c(OC)c1C. The summed E-state index contributed by atoms with van der Waals surface area (Å²) in [4.78, 5) is 11.7. The second-order valence-electron chi connectivity index (χ2n) is 4.86. The highest BCUT2D eigenvalue weighted by atomic mass is 19.4. The number of carbonyl (C=O) groups excluding carboxylic acids is 1. The molecule has 0 N–H and O–H groups in total. The number of methoxy groups -OCH3 is 2. The van der Waals surface area contributed by atoms with Crippen LogP contribution < -0.4 is 4.74 Å². The highest BCUT2D eigenvalue weighted by molar-refractivity contribution is 5.92. The monoisotopic (exact) mass is 328 g/mol. The Morgan fingerprint density at radius 1 is 1.22 bits per heavy atom. The van der Waals surface area contributed by atoms with Crippen LogP contribution in [0.3, 0.4) is 0 Å². The van der Waals surface area contributed by atoms with E-state index >= 15 is 0 Å². The minimum Gasteiger partial charge on any atom is -0.494 e. The highest BCUT2D eigenvalue weighted by Crippen LogP contribution is 2.33. The number of hydrogen-bond acceptors (Lipinski definition) is 4. The zero-order valence-corrected chi connectivity index (χ0v) is 13.0. The number of ether oxygens (including phenoxy) is 2. The molecule has 2 rings (SSSR count). The molecule has 0 bridgehead atoms. The number of carbonyl (C=O) groups is 1. The van der Waals surface area contributed by atoms with Gasteiger partial charge in [0.25, 0.3) is 0 Å². The number of nitrogens with zero attached hydrogens (tertiary/aromatic N) is 2. The van der Waals surface area contributed by atoms with E-state index in [4.69, 9.17) is 4.74 Å². The van der Waals surface area contributed by atoms with E-state index < -0.39 is 17.8 Å². The van der Waals surface area contributed by atoms with Gasteiger partial charge in [0.2, 0.25) is 0 Å². The molecule has 1 heterocycles. The predicted molar refractivity (Wildman–Crippen MR) is 75.9 cm³/mol. The third kappa shape index (κ3) is 3.01. The molecule has 0 spiro atoms. The van der Waals surface area contributed by atoms with Crippen molar-refractivity contribution in [2.45, 2.75) is 20.0 Å². The zero-order valence-electron chi connectivity index (χ0n) is 13.0. The first-order valence-electron chi connectivity index (χ1n) is 6.60. The number of rotatable bonds is 3. The molecule has 0 aliphatic rings. The molecule has 0 atom stereocenters. The lowest BCUT2D eigenvalue weighted by atomic mass is 10.1. The van der Waals surface area contributed by atoms with E-state index in [2.05, 4.69) is 9.84 Å². The number of benzene rings is 1. The van der Waals surface area contributed by atoms with Gasteiger partial charge in [-0.05, 0) is 32.0 Å². The van der Waals surface area contributed by atoms with Gasteiger partial charge in [0.1, 0.15) is 11.4 Å². The number of aryl methyl sites for hydroxylation is 1. The third-order valence-corrected chi connectivity index (χ3v) is 3.40. The largest absolute Gasteiger partial charge is 0.494 e. The van der Waals surface area contributed by atoms with E-state index in [-0.39, 0.29) is 11.3 Å². The van der Waals surface area contributed by atoms with Crippen LogP contribution in [0.2, 0.25) is 0 Å². The molecule has 0 saturated heterocycles. The van der Waals surface area contributed by atoms with Gasteiger partial charge in [0.05, 0.1) is 19.8 Å². The molecule has 1 aromatic carbocycles. The Morgan fingerprint density at radius 3 is 2.35 bits per heavy atom. The van der Waals surface area contributed by atoms with Crippen LogP contribution in [0.1, 0.15) is 27.3 Å². The normalized spacial score (nSPS) is 11.4. The van der Waals surface area contributed by atoms with Crippen LogP contribution in [-0.4, -0.2) is 30.0 Å². The summed E-state index contributed by atoms with van der Waals surface area (Å²) >= 11 is 0. The van der Waals surface area contributed by atoms with E-state index in [1.165, 1.54) is 33.3 Å². The summed E-state index contributed by atoms with van der Waals surface area (Å²) in [6.45, 7) is 3.13.